The molecule has 1 aliphatic rings. The molecule has 13 nitrogen and oxygen atoms in total. The van der Waals surface area contributed by atoms with Crippen LogP contribution in [0.25, 0.3) is 22.2 Å². The molecule has 4 rings (SSSR count). The lowest BCUT2D eigenvalue weighted by atomic mass is 10.0. The van der Waals surface area contributed by atoms with Crippen molar-refractivity contribution >= 4 is 53.0 Å². The number of carbonyl (C=O) groups is 2. The van der Waals surface area contributed by atoms with Gasteiger partial charge in [-0.1, -0.05) is 31.9 Å². The third-order valence-electron chi connectivity index (χ3n) is 8.06. The second-order valence-electron chi connectivity index (χ2n) is 11.7. The molecule has 1 aromatic carbocycles. The zero-order valence-electron chi connectivity index (χ0n) is 28.1. The second kappa shape index (κ2) is 17.1. The number of methoxy groups -OCH3 is 1. The van der Waals surface area contributed by atoms with Crippen molar-refractivity contribution in [3.8, 4) is 16.9 Å². The predicted octanol–water partition coefficient (Wildman–Crippen LogP) is 3.60. The van der Waals surface area contributed by atoms with Gasteiger partial charge in [0.1, 0.15) is 28.6 Å². The lowest BCUT2D eigenvalue weighted by molar-refractivity contribution is -0.135. The molecule has 1 saturated heterocycles. The van der Waals surface area contributed by atoms with Gasteiger partial charge in [0.15, 0.2) is 5.82 Å². The number of nitrogens with one attached hydrogen (secondary N) is 4. The summed E-state index contributed by atoms with van der Waals surface area (Å²) < 4.78 is 14.1. The van der Waals surface area contributed by atoms with E-state index in [0.29, 0.717) is 48.7 Å². The average molecular weight is 666 g/mol. The highest BCUT2D eigenvalue weighted by atomic mass is 32.1. The molecule has 14 heteroatoms. The SMILES string of the molecule is CCc1nc2c(NS)ncc(-c3ccc(NCCNC(=O)[C@H](C)N(C)C(=O)/C=C/CN(C)C)c(OC)c3)c2nc1NC1CCOCC1. The maximum Gasteiger partial charge on any atom is 0.246 e. The largest absolute Gasteiger partial charge is 0.495 e. The Bertz CT molecular complexity index is 1560. The summed E-state index contributed by atoms with van der Waals surface area (Å²) in [4.78, 5) is 43.1. The third-order valence-corrected chi connectivity index (χ3v) is 8.28. The van der Waals surface area contributed by atoms with E-state index >= 15 is 0 Å². The van der Waals surface area contributed by atoms with Gasteiger partial charge in [-0.2, -0.15) is 0 Å². The summed E-state index contributed by atoms with van der Waals surface area (Å²) in [7, 11) is 7.08. The van der Waals surface area contributed by atoms with Crippen LogP contribution in [0.3, 0.4) is 0 Å². The monoisotopic (exact) mass is 665 g/mol. The standard InChI is InChI=1S/C33H47N9O4S/c1-7-25-31(37-23-12-17-46-18-13-23)39-29-24(20-36-32(40-47)30(29)38-25)22-10-11-26(27(19-22)45-6)34-14-15-35-33(44)21(2)42(5)28(43)9-8-16-41(3)4/h8-11,19-21,23,34,47H,7,12-18H2,1-6H3,(H,35,44)(H,36,40)(H,37,39)/b9-8+/t21-/m0/s1. The smallest absolute Gasteiger partial charge is 0.246 e. The number of amides is 2. The number of likely N-dealkylation sites (N-methyl/N-ethyl adjacent to an activating group) is 2. The molecule has 0 unspecified atom stereocenters. The fourth-order valence-electron chi connectivity index (χ4n) is 5.15. The Morgan fingerprint density at radius 2 is 1.89 bits per heavy atom. The van der Waals surface area contributed by atoms with Gasteiger partial charge in [-0.15, -0.1) is 0 Å². The fraction of sp³-hybridized carbons (Fsp3) is 0.485. The van der Waals surface area contributed by atoms with Gasteiger partial charge >= 0.3 is 0 Å². The normalized spacial score (nSPS) is 14.3. The first kappa shape index (κ1) is 35.7. The number of pyridine rings is 1. The zero-order chi connectivity index (χ0) is 33.9. The molecule has 3 heterocycles. The number of aryl methyl sites for hydroxylation is 1. The lowest BCUT2D eigenvalue weighted by Gasteiger charge is -2.25. The number of ether oxygens (including phenoxy) is 2. The molecule has 0 bridgehead atoms. The summed E-state index contributed by atoms with van der Waals surface area (Å²) in [5, 5.41) is 9.83. The van der Waals surface area contributed by atoms with Crippen LogP contribution in [-0.4, -0.2) is 110 Å². The zero-order valence-corrected chi connectivity index (χ0v) is 29.0. The average Bonchev–Trinajstić information content (AvgIpc) is 3.08. The molecular formula is C33H47N9O4S. The molecule has 3 aromatic rings. The summed E-state index contributed by atoms with van der Waals surface area (Å²) in [6.45, 7) is 6.67. The highest BCUT2D eigenvalue weighted by molar-refractivity contribution is 7.81. The number of hydrogen-bond donors (Lipinski definition) is 5. The van der Waals surface area contributed by atoms with Gasteiger partial charge in [0.25, 0.3) is 0 Å². The molecule has 0 spiro atoms. The molecule has 1 fully saturated rings. The maximum atomic E-state index is 12.7. The third kappa shape index (κ3) is 9.24. The molecule has 254 valence electrons. The lowest BCUT2D eigenvalue weighted by Crippen LogP contribution is -2.46. The van der Waals surface area contributed by atoms with Crippen molar-refractivity contribution in [1.29, 1.82) is 0 Å². The number of aromatic nitrogens is 3. The van der Waals surface area contributed by atoms with Crippen LogP contribution < -0.4 is 25.4 Å². The number of carbonyl (C=O) groups excluding carboxylic acids is 2. The molecule has 1 aliphatic heterocycles. The highest BCUT2D eigenvalue weighted by Gasteiger charge is 2.22. The first-order valence-electron chi connectivity index (χ1n) is 15.9. The van der Waals surface area contributed by atoms with Gasteiger partial charge < -0.3 is 39.9 Å². The molecule has 2 aromatic heterocycles. The van der Waals surface area contributed by atoms with E-state index in [1.807, 2.05) is 37.2 Å². The van der Waals surface area contributed by atoms with E-state index in [-0.39, 0.29) is 17.9 Å². The number of hydrogen-bond acceptors (Lipinski definition) is 12. The fourth-order valence-corrected chi connectivity index (χ4v) is 5.31. The van der Waals surface area contributed by atoms with E-state index in [9.17, 15) is 9.59 Å². The van der Waals surface area contributed by atoms with Crippen molar-refractivity contribution < 1.29 is 19.1 Å². The summed E-state index contributed by atoms with van der Waals surface area (Å²) in [6, 6.07) is 5.48. The Morgan fingerprint density at radius 1 is 1.13 bits per heavy atom. The molecule has 4 N–H and O–H groups in total. The Kier molecular flexibility index (Phi) is 13.0. The number of fused-ring (bicyclic) bond motifs is 1. The van der Waals surface area contributed by atoms with Crippen LogP contribution >= 0.6 is 12.8 Å². The van der Waals surface area contributed by atoms with E-state index in [0.717, 1.165) is 54.4 Å². The number of thiol groups is 1. The van der Waals surface area contributed by atoms with Crippen molar-refractivity contribution in [2.75, 3.05) is 76.5 Å². The summed E-state index contributed by atoms with van der Waals surface area (Å²) in [5.74, 6) is 1.47. The van der Waals surface area contributed by atoms with Gasteiger partial charge in [-0.3, -0.25) is 9.59 Å². The van der Waals surface area contributed by atoms with Crippen LogP contribution in [0.5, 0.6) is 5.75 Å². The Hall–Kier alpha value is -4.14. The number of anilines is 3. The van der Waals surface area contributed by atoms with Crippen LogP contribution in [0.2, 0.25) is 0 Å². The van der Waals surface area contributed by atoms with Gasteiger partial charge in [-0.05, 0) is 58.0 Å². The van der Waals surface area contributed by atoms with Crippen LogP contribution in [0, 0.1) is 0 Å². The topological polar surface area (TPSA) is 146 Å². The number of nitrogens with zero attached hydrogens (tertiary/aromatic N) is 5. The van der Waals surface area contributed by atoms with Crippen molar-refractivity contribution in [3.05, 3.63) is 42.2 Å². The van der Waals surface area contributed by atoms with Crippen LogP contribution in [0.1, 0.15) is 32.4 Å². The Balaban J connectivity index is 1.47. The summed E-state index contributed by atoms with van der Waals surface area (Å²) in [5.41, 5.74) is 4.62. The van der Waals surface area contributed by atoms with Crippen molar-refractivity contribution in [3.63, 3.8) is 0 Å². The van der Waals surface area contributed by atoms with E-state index in [4.69, 9.17) is 19.4 Å². The van der Waals surface area contributed by atoms with Crippen molar-refractivity contribution in [2.24, 2.45) is 0 Å². The van der Waals surface area contributed by atoms with Crippen molar-refractivity contribution in [1.82, 2.24) is 30.1 Å². The minimum Gasteiger partial charge on any atom is -0.495 e. The summed E-state index contributed by atoms with van der Waals surface area (Å²) in [6.07, 6.45) is 7.56. The molecule has 1 atom stereocenters. The van der Waals surface area contributed by atoms with Crippen molar-refractivity contribution in [2.45, 2.75) is 45.2 Å². The molecule has 2 amide bonds. The van der Waals surface area contributed by atoms with Gasteiger partial charge in [0, 0.05) is 63.8 Å². The molecular weight excluding hydrogens is 618 g/mol. The quantitative estimate of drug-likeness (QED) is 0.0922. The van der Waals surface area contributed by atoms with Gasteiger partial charge in [0.05, 0.1) is 18.5 Å². The Morgan fingerprint density at radius 3 is 2.57 bits per heavy atom. The summed E-state index contributed by atoms with van der Waals surface area (Å²) >= 11 is 4.26. The molecule has 0 saturated carbocycles. The van der Waals surface area contributed by atoms with Crippen LogP contribution in [0.15, 0.2) is 36.5 Å². The van der Waals surface area contributed by atoms with Crippen LogP contribution in [0.4, 0.5) is 17.3 Å². The number of benzene rings is 1. The van der Waals surface area contributed by atoms with E-state index in [2.05, 4.69) is 45.4 Å². The van der Waals surface area contributed by atoms with E-state index < -0.39 is 6.04 Å². The Labute approximate surface area is 282 Å². The van der Waals surface area contributed by atoms with Gasteiger partial charge in [-0.25, -0.2) is 15.0 Å². The van der Waals surface area contributed by atoms with Crippen LogP contribution in [-0.2, 0) is 20.7 Å². The highest BCUT2D eigenvalue weighted by Crippen LogP contribution is 2.36. The molecule has 0 aliphatic carbocycles. The van der Waals surface area contributed by atoms with Gasteiger partial charge in [0.2, 0.25) is 11.8 Å². The minimum absolute atomic E-state index is 0.222. The molecule has 0 radical (unpaired) electrons. The molecule has 47 heavy (non-hydrogen) atoms. The maximum absolute atomic E-state index is 12.7. The second-order valence-corrected chi connectivity index (χ2v) is 11.9. The first-order chi connectivity index (χ1) is 22.7. The minimum atomic E-state index is -0.614. The number of rotatable bonds is 15. The van der Waals surface area contributed by atoms with E-state index in [1.165, 1.54) is 11.0 Å². The first-order valence-corrected chi connectivity index (χ1v) is 16.3. The van der Waals surface area contributed by atoms with E-state index in [1.54, 1.807) is 33.4 Å². The predicted molar refractivity (Wildman–Crippen MR) is 190 cm³/mol.